The highest BCUT2D eigenvalue weighted by atomic mass is 14.6. The van der Waals surface area contributed by atoms with Gasteiger partial charge < -0.3 is 0 Å². The third-order valence-corrected chi connectivity index (χ3v) is 4.53. The molecule has 0 saturated carbocycles. The Morgan fingerprint density at radius 1 is 0.667 bits per heavy atom. The lowest BCUT2D eigenvalue weighted by Gasteiger charge is -2.09. The van der Waals surface area contributed by atoms with E-state index in [9.17, 15) is 0 Å². The maximum Gasteiger partial charge on any atom is 0.0708 e. The van der Waals surface area contributed by atoms with E-state index in [4.69, 9.17) is 0 Å². The molecular weight excluding hydrogens is 254 g/mol. The summed E-state index contributed by atoms with van der Waals surface area (Å²) in [6.07, 6.45) is 3.08. The van der Waals surface area contributed by atoms with E-state index in [2.05, 4.69) is 59.6 Å². The van der Waals surface area contributed by atoms with E-state index >= 15 is 0 Å². The second kappa shape index (κ2) is 3.92. The van der Waals surface area contributed by atoms with Gasteiger partial charge >= 0.3 is 0 Å². The van der Waals surface area contributed by atoms with Crippen molar-refractivity contribution in [2.75, 3.05) is 0 Å². The topological polar surface area (TPSA) is 12.9 Å². The van der Waals surface area contributed by atoms with Crippen LogP contribution in [0.15, 0.2) is 66.9 Å². The zero-order valence-electron chi connectivity index (χ0n) is 11.5. The quantitative estimate of drug-likeness (QED) is 0.361. The predicted octanol–water partition coefficient (Wildman–Crippen LogP) is 4.96. The third-order valence-electron chi connectivity index (χ3n) is 4.53. The number of hydrogen-bond donors (Lipinski definition) is 0. The van der Waals surface area contributed by atoms with E-state index < -0.39 is 0 Å². The Bertz CT molecular complexity index is 1010. The Morgan fingerprint density at radius 2 is 1.52 bits per heavy atom. The highest BCUT2D eigenvalue weighted by Crippen LogP contribution is 2.42. The van der Waals surface area contributed by atoms with Crippen LogP contribution in [-0.4, -0.2) is 4.98 Å². The van der Waals surface area contributed by atoms with E-state index in [1.165, 1.54) is 38.4 Å². The van der Waals surface area contributed by atoms with Gasteiger partial charge in [0.25, 0.3) is 0 Å². The van der Waals surface area contributed by atoms with E-state index in [0.717, 1.165) is 11.9 Å². The summed E-state index contributed by atoms with van der Waals surface area (Å²) < 4.78 is 0. The van der Waals surface area contributed by atoms with Crippen molar-refractivity contribution >= 4 is 21.7 Å². The second-order valence-corrected chi connectivity index (χ2v) is 5.67. The molecule has 0 unspecified atom stereocenters. The first-order valence-corrected chi connectivity index (χ1v) is 7.29. The van der Waals surface area contributed by atoms with Crippen LogP contribution >= 0.6 is 0 Å². The van der Waals surface area contributed by atoms with Crippen molar-refractivity contribution in [3.05, 3.63) is 78.0 Å². The molecule has 1 aliphatic carbocycles. The molecule has 0 aliphatic heterocycles. The minimum Gasteiger partial charge on any atom is -0.256 e. The largest absolute Gasteiger partial charge is 0.256 e. The molecule has 0 saturated heterocycles. The van der Waals surface area contributed by atoms with Gasteiger partial charge in [0, 0.05) is 17.0 Å². The van der Waals surface area contributed by atoms with Crippen molar-refractivity contribution in [3.8, 4) is 11.1 Å². The number of hydrogen-bond acceptors (Lipinski definition) is 1. The van der Waals surface area contributed by atoms with E-state index in [1.807, 2.05) is 12.3 Å². The van der Waals surface area contributed by atoms with Crippen LogP contribution in [0.25, 0.3) is 32.8 Å². The van der Waals surface area contributed by atoms with Gasteiger partial charge in [0.1, 0.15) is 0 Å². The minimum absolute atomic E-state index is 1.04. The van der Waals surface area contributed by atoms with Crippen LogP contribution < -0.4 is 0 Å². The Labute approximate surface area is 122 Å². The Kier molecular flexibility index (Phi) is 2.06. The molecule has 1 aliphatic rings. The summed E-state index contributed by atoms with van der Waals surface area (Å²) in [4.78, 5) is 4.66. The van der Waals surface area contributed by atoms with Crippen molar-refractivity contribution in [2.45, 2.75) is 6.42 Å². The summed E-state index contributed by atoms with van der Waals surface area (Å²) in [5.74, 6) is 0. The zero-order chi connectivity index (χ0) is 13.8. The molecule has 0 amide bonds. The Balaban J connectivity index is 1.97. The first-order chi connectivity index (χ1) is 10.4. The predicted molar refractivity (Wildman–Crippen MR) is 87.5 cm³/mol. The summed E-state index contributed by atoms with van der Waals surface area (Å²) in [5.41, 5.74) is 6.65. The Hall–Kier alpha value is -2.67. The van der Waals surface area contributed by atoms with Gasteiger partial charge in [-0.05, 0) is 40.1 Å². The van der Waals surface area contributed by atoms with Gasteiger partial charge in [-0.25, -0.2) is 0 Å². The number of aromatic nitrogens is 1. The van der Waals surface area contributed by atoms with Gasteiger partial charge in [0.15, 0.2) is 0 Å². The summed E-state index contributed by atoms with van der Waals surface area (Å²) in [6.45, 7) is 0. The lowest BCUT2D eigenvalue weighted by atomic mass is 9.97. The fraction of sp³-hybridized carbons (Fsp3) is 0.0500. The van der Waals surface area contributed by atoms with Crippen LogP contribution in [0, 0.1) is 0 Å². The second-order valence-electron chi connectivity index (χ2n) is 5.67. The van der Waals surface area contributed by atoms with Crippen LogP contribution in [0.1, 0.15) is 11.1 Å². The summed E-state index contributed by atoms with van der Waals surface area (Å²) >= 11 is 0. The van der Waals surface area contributed by atoms with Crippen LogP contribution in [0.5, 0.6) is 0 Å². The van der Waals surface area contributed by atoms with Crippen molar-refractivity contribution in [1.82, 2.24) is 4.98 Å². The highest BCUT2D eigenvalue weighted by Gasteiger charge is 2.20. The van der Waals surface area contributed by atoms with Gasteiger partial charge in [0.05, 0.1) is 5.52 Å². The molecule has 0 bridgehead atoms. The molecule has 1 aromatic heterocycles. The molecule has 0 fully saturated rings. The van der Waals surface area contributed by atoms with Gasteiger partial charge in [-0.1, -0.05) is 54.6 Å². The molecule has 21 heavy (non-hydrogen) atoms. The minimum atomic E-state index is 1.04. The molecule has 98 valence electrons. The molecule has 5 rings (SSSR count). The summed E-state index contributed by atoms with van der Waals surface area (Å²) in [6, 6.07) is 21.6. The molecule has 0 atom stereocenters. The maximum absolute atomic E-state index is 4.66. The smallest absolute Gasteiger partial charge is 0.0708 e. The van der Waals surface area contributed by atoms with Crippen LogP contribution in [0.2, 0.25) is 0 Å². The molecule has 1 nitrogen and oxygen atoms in total. The molecule has 4 aromatic rings. The first-order valence-electron chi connectivity index (χ1n) is 7.29. The first kappa shape index (κ1) is 11.0. The zero-order valence-corrected chi connectivity index (χ0v) is 11.5. The highest BCUT2D eigenvalue weighted by molar-refractivity contribution is 6.12. The number of rotatable bonds is 0. The van der Waals surface area contributed by atoms with Gasteiger partial charge in [-0.3, -0.25) is 4.98 Å². The fourth-order valence-electron chi connectivity index (χ4n) is 3.57. The SMILES string of the molecule is c1ccc2c(c1)Cc1ccc3c(cnc4ccccc43)c1-2. The molecule has 1 heteroatoms. The van der Waals surface area contributed by atoms with Crippen molar-refractivity contribution in [2.24, 2.45) is 0 Å². The van der Waals surface area contributed by atoms with Crippen LogP contribution in [0.3, 0.4) is 0 Å². The van der Waals surface area contributed by atoms with Gasteiger partial charge in [-0.2, -0.15) is 0 Å². The number of nitrogens with zero attached hydrogens (tertiary/aromatic N) is 1. The van der Waals surface area contributed by atoms with Crippen molar-refractivity contribution < 1.29 is 0 Å². The Morgan fingerprint density at radius 3 is 2.52 bits per heavy atom. The van der Waals surface area contributed by atoms with Crippen LogP contribution in [0.4, 0.5) is 0 Å². The van der Waals surface area contributed by atoms with E-state index in [-0.39, 0.29) is 0 Å². The van der Waals surface area contributed by atoms with E-state index in [1.54, 1.807) is 0 Å². The number of pyridine rings is 1. The average molecular weight is 267 g/mol. The lowest BCUT2D eigenvalue weighted by Crippen LogP contribution is -1.86. The molecular formula is C20H13N. The molecule has 0 radical (unpaired) electrons. The number of para-hydroxylation sites is 1. The monoisotopic (exact) mass is 267 g/mol. The van der Waals surface area contributed by atoms with Crippen LogP contribution in [-0.2, 0) is 6.42 Å². The van der Waals surface area contributed by atoms with Gasteiger partial charge in [-0.15, -0.1) is 0 Å². The van der Waals surface area contributed by atoms with Crippen molar-refractivity contribution in [3.63, 3.8) is 0 Å². The van der Waals surface area contributed by atoms with Crippen molar-refractivity contribution in [1.29, 1.82) is 0 Å². The van der Waals surface area contributed by atoms with Gasteiger partial charge in [0.2, 0.25) is 0 Å². The van der Waals surface area contributed by atoms with E-state index in [0.29, 0.717) is 0 Å². The molecule has 1 heterocycles. The number of benzene rings is 3. The normalized spacial score (nSPS) is 12.6. The maximum atomic E-state index is 4.66. The lowest BCUT2D eigenvalue weighted by molar-refractivity contribution is 1.27. The summed E-state index contributed by atoms with van der Waals surface area (Å²) in [7, 11) is 0. The standard InChI is InChI=1S/C20H13N/c1-2-6-15-13(5-1)11-14-9-10-16-17-7-3-4-8-19(17)21-12-18(16)20(14)15/h1-10,12H,11H2. The molecule has 3 aromatic carbocycles. The summed E-state index contributed by atoms with van der Waals surface area (Å²) in [5, 5.41) is 3.81. The number of fused-ring (bicyclic) bond motifs is 7. The molecule has 0 spiro atoms. The average Bonchev–Trinajstić information content (AvgIpc) is 2.93. The fourth-order valence-corrected chi connectivity index (χ4v) is 3.57. The third kappa shape index (κ3) is 1.43. The molecule has 0 N–H and O–H groups in total.